The van der Waals surface area contributed by atoms with Crippen molar-refractivity contribution < 1.29 is 9.53 Å². The van der Waals surface area contributed by atoms with Crippen LogP contribution < -0.4 is 4.90 Å². The summed E-state index contributed by atoms with van der Waals surface area (Å²) in [4.78, 5) is 21.9. The number of aryl methyl sites for hydroxylation is 1. The largest absolute Gasteiger partial charge is 0.379 e. The maximum Gasteiger partial charge on any atom is 0.228 e. The minimum atomic E-state index is 0.168. The highest BCUT2D eigenvalue weighted by Crippen LogP contribution is 2.33. The summed E-state index contributed by atoms with van der Waals surface area (Å²) in [5.41, 5.74) is 2.00. The van der Waals surface area contributed by atoms with E-state index in [0.717, 1.165) is 73.0 Å². The molecule has 2 heterocycles. The van der Waals surface area contributed by atoms with Crippen molar-refractivity contribution >= 4 is 44.2 Å². The number of aromatic nitrogens is 1. The summed E-state index contributed by atoms with van der Waals surface area (Å²) in [5, 5.41) is 1.50. The Morgan fingerprint density at radius 1 is 1.33 bits per heavy atom. The van der Waals surface area contributed by atoms with Gasteiger partial charge in [-0.05, 0) is 37.5 Å². The van der Waals surface area contributed by atoms with E-state index < -0.39 is 0 Å². The van der Waals surface area contributed by atoms with E-state index in [9.17, 15) is 4.79 Å². The number of hydrogen-bond donors (Lipinski definition) is 0. The number of rotatable bonds is 8. The molecule has 0 atom stereocenters. The molecule has 3 rings (SSSR count). The molecule has 1 fully saturated rings. The Hall–Kier alpha value is -1.21. The number of halogens is 1. The van der Waals surface area contributed by atoms with Crippen LogP contribution in [0.4, 0.5) is 5.13 Å². The smallest absolute Gasteiger partial charge is 0.228 e. The van der Waals surface area contributed by atoms with Crippen molar-refractivity contribution in [3.05, 3.63) is 22.7 Å². The van der Waals surface area contributed by atoms with Crippen molar-refractivity contribution in [1.29, 1.82) is 0 Å². The number of hydrogen-bond acceptors (Lipinski definition) is 5. The zero-order valence-electron chi connectivity index (χ0n) is 16.2. The van der Waals surface area contributed by atoms with Crippen LogP contribution >= 0.6 is 22.9 Å². The van der Waals surface area contributed by atoms with Gasteiger partial charge < -0.3 is 4.74 Å². The molecule has 0 spiro atoms. The number of morpholine rings is 1. The first-order valence-electron chi connectivity index (χ1n) is 9.75. The van der Waals surface area contributed by atoms with E-state index in [1.807, 2.05) is 24.0 Å². The summed E-state index contributed by atoms with van der Waals surface area (Å²) in [5.74, 6) is 0.168. The average Bonchev–Trinajstić information content (AvgIpc) is 3.08. The number of carbonyl (C=O) groups excluding carboxylic acids is 1. The zero-order chi connectivity index (χ0) is 19.2. The van der Waals surface area contributed by atoms with Gasteiger partial charge in [-0.1, -0.05) is 36.3 Å². The number of anilines is 1. The minimum Gasteiger partial charge on any atom is -0.379 e. The van der Waals surface area contributed by atoms with E-state index in [1.54, 1.807) is 11.3 Å². The van der Waals surface area contributed by atoms with Crippen LogP contribution in [-0.4, -0.2) is 55.2 Å². The Kier molecular flexibility index (Phi) is 7.47. The van der Waals surface area contributed by atoms with Crippen LogP contribution in [0, 0.1) is 6.92 Å². The first-order chi connectivity index (χ1) is 13.1. The maximum absolute atomic E-state index is 12.8. The van der Waals surface area contributed by atoms with Crippen molar-refractivity contribution in [3.8, 4) is 0 Å². The lowest BCUT2D eigenvalue weighted by Crippen LogP contribution is -2.39. The van der Waals surface area contributed by atoms with Gasteiger partial charge in [-0.2, -0.15) is 0 Å². The fourth-order valence-corrected chi connectivity index (χ4v) is 4.79. The van der Waals surface area contributed by atoms with Crippen LogP contribution in [0.3, 0.4) is 0 Å². The molecule has 1 aliphatic heterocycles. The molecule has 0 unspecified atom stereocenters. The number of unbranched alkanes of at least 4 members (excludes halogenated alkanes) is 1. The predicted molar refractivity (Wildman–Crippen MR) is 113 cm³/mol. The molecule has 1 aliphatic rings. The van der Waals surface area contributed by atoms with Gasteiger partial charge in [0.25, 0.3) is 0 Å². The van der Waals surface area contributed by atoms with Gasteiger partial charge in [0.1, 0.15) is 0 Å². The van der Waals surface area contributed by atoms with Crippen molar-refractivity contribution in [2.45, 2.75) is 39.5 Å². The van der Waals surface area contributed by atoms with Crippen LogP contribution in [0.1, 0.15) is 38.2 Å². The van der Waals surface area contributed by atoms with Gasteiger partial charge in [0.2, 0.25) is 5.91 Å². The lowest BCUT2D eigenvalue weighted by molar-refractivity contribution is -0.118. The predicted octanol–water partition coefficient (Wildman–Crippen LogP) is 4.50. The molecule has 1 aromatic heterocycles. The van der Waals surface area contributed by atoms with E-state index in [4.69, 9.17) is 21.3 Å². The molecule has 0 aliphatic carbocycles. The van der Waals surface area contributed by atoms with Crippen molar-refractivity contribution in [1.82, 2.24) is 9.88 Å². The van der Waals surface area contributed by atoms with Crippen LogP contribution in [0.25, 0.3) is 10.2 Å². The molecule has 5 nitrogen and oxygen atoms in total. The number of nitrogens with zero attached hydrogens (tertiary/aromatic N) is 3. The highest BCUT2D eigenvalue weighted by atomic mass is 35.5. The molecule has 0 saturated carbocycles. The van der Waals surface area contributed by atoms with Gasteiger partial charge in [-0.3, -0.25) is 14.6 Å². The molecule has 0 N–H and O–H groups in total. The van der Waals surface area contributed by atoms with Gasteiger partial charge in [0, 0.05) is 37.6 Å². The van der Waals surface area contributed by atoms with Crippen molar-refractivity contribution in [2.75, 3.05) is 44.3 Å². The number of carbonyl (C=O) groups is 1. The first kappa shape index (κ1) is 20.5. The first-order valence-corrected chi connectivity index (χ1v) is 10.9. The fourth-order valence-electron chi connectivity index (χ4n) is 3.33. The normalized spacial score (nSPS) is 15.4. The summed E-state index contributed by atoms with van der Waals surface area (Å²) in [6.45, 7) is 9.36. The lowest BCUT2D eigenvalue weighted by Gasteiger charge is -2.27. The van der Waals surface area contributed by atoms with E-state index in [0.29, 0.717) is 18.0 Å². The molecule has 1 aromatic carbocycles. The molecule has 0 bridgehead atoms. The molecule has 1 amide bonds. The van der Waals surface area contributed by atoms with E-state index in [-0.39, 0.29) is 5.91 Å². The third-order valence-corrected chi connectivity index (χ3v) is 6.12. The SMILES string of the molecule is CCCCC(=O)N(CCCN1CCOCC1)c1nc2c(C)cc(Cl)cc2s1. The van der Waals surface area contributed by atoms with Crippen molar-refractivity contribution in [3.63, 3.8) is 0 Å². The summed E-state index contributed by atoms with van der Waals surface area (Å²) in [6, 6.07) is 3.86. The second kappa shape index (κ2) is 9.82. The molecule has 27 heavy (non-hydrogen) atoms. The van der Waals surface area contributed by atoms with E-state index >= 15 is 0 Å². The number of benzene rings is 1. The lowest BCUT2D eigenvalue weighted by atomic mass is 10.2. The molecule has 1 saturated heterocycles. The second-order valence-corrected chi connectivity index (χ2v) is 8.47. The Bertz CT molecular complexity index is 774. The summed E-state index contributed by atoms with van der Waals surface area (Å²) >= 11 is 7.75. The Morgan fingerprint density at radius 3 is 2.85 bits per heavy atom. The molecule has 148 valence electrons. The number of fused-ring (bicyclic) bond motifs is 1. The van der Waals surface area contributed by atoms with Crippen LogP contribution in [0.2, 0.25) is 5.02 Å². The summed E-state index contributed by atoms with van der Waals surface area (Å²) in [6.07, 6.45) is 3.44. The van der Waals surface area contributed by atoms with Gasteiger partial charge >= 0.3 is 0 Å². The molecule has 7 heteroatoms. The second-order valence-electron chi connectivity index (χ2n) is 7.02. The Balaban J connectivity index is 1.74. The number of ether oxygens (including phenoxy) is 1. The van der Waals surface area contributed by atoms with Crippen LogP contribution in [-0.2, 0) is 9.53 Å². The topological polar surface area (TPSA) is 45.7 Å². The third-order valence-electron chi connectivity index (χ3n) is 4.87. The monoisotopic (exact) mass is 409 g/mol. The summed E-state index contributed by atoms with van der Waals surface area (Å²) < 4.78 is 6.45. The van der Waals surface area contributed by atoms with E-state index in [1.165, 1.54) is 0 Å². The maximum atomic E-state index is 12.8. The highest BCUT2D eigenvalue weighted by Gasteiger charge is 2.20. The molecule has 2 aromatic rings. The zero-order valence-corrected chi connectivity index (χ0v) is 17.7. The van der Waals surface area contributed by atoms with Gasteiger partial charge in [0.15, 0.2) is 5.13 Å². The average molecular weight is 410 g/mol. The van der Waals surface area contributed by atoms with Gasteiger partial charge in [0.05, 0.1) is 23.4 Å². The number of thiazole rings is 1. The number of amides is 1. The van der Waals surface area contributed by atoms with Gasteiger partial charge in [-0.15, -0.1) is 0 Å². The Morgan fingerprint density at radius 2 is 2.11 bits per heavy atom. The minimum absolute atomic E-state index is 0.168. The van der Waals surface area contributed by atoms with Crippen LogP contribution in [0.15, 0.2) is 12.1 Å². The standard InChI is InChI=1S/C20H28ClN3O2S/c1-3-4-6-18(25)24(8-5-7-23-9-11-26-12-10-23)20-22-19-15(2)13-16(21)14-17(19)27-20/h13-14H,3-12H2,1-2H3. The van der Waals surface area contributed by atoms with E-state index in [2.05, 4.69) is 11.8 Å². The summed E-state index contributed by atoms with van der Waals surface area (Å²) in [7, 11) is 0. The fraction of sp³-hybridized carbons (Fsp3) is 0.600. The molecular weight excluding hydrogens is 382 g/mol. The van der Waals surface area contributed by atoms with Crippen molar-refractivity contribution in [2.24, 2.45) is 0 Å². The molecule has 0 radical (unpaired) electrons. The highest BCUT2D eigenvalue weighted by molar-refractivity contribution is 7.22. The Labute approximate surface area is 170 Å². The third kappa shape index (κ3) is 5.41. The quantitative estimate of drug-likeness (QED) is 0.643. The van der Waals surface area contributed by atoms with Gasteiger partial charge in [-0.25, -0.2) is 4.98 Å². The van der Waals surface area contributed by atoms with Crippen LogP contribution in [0.5, 0.6) is 0 Å². The molecular formula is C20H28ClN3O2S.